The fourth-order valence-corrected chi connectivity index (χ4v) is 2.91. The maximum absolute atomic E-state index is 11.9. The zero-order valence-corrected chi connectivity index (χ0v) is 16.9. The SMILES string of the molecule is CCS(=O)(=O)c1ccc(O)c(NC(=S)NCCNC(=O)OC(C)(C)C)c1. The van der Waals surface area contributed by atoms with Gasteiger partial charge >= 0.3 is 6.09 Å². The van der Waals surface area contributed by atoms with Gasteiger partial charge in [0.25, 0.3) is 0 Å². The molecule has 26 heavy (non-hydrogen) atoms. The first kappa shape index (κ1) is 22.0. The lowest BCUT2D eigenvalue weighted by Gasteiger charge is -2.19. The van der Waals surface area contributed by atoms with E-state index < -0.39 is 21.5 Å². The maximum atomic E-state index is 11.9. The number of phenolic OH excluding ortho intramolecular Hbond substituents is 1. The Morgan fingerprint density at radius 2 is 1.85 bits per heavy atom. The standard InChI is InChI=1S/C16H25N3O5S2/c1-5-26(22,23)11-6-7-13(20)12(10-11)19-14(25)17-8-9-18-15(21)24-16(2,3)4/h6-7,10,20H,5,8-9H2,1-4H3,(H,18,21)(H2,17,19,25). The molecule has 0 fully saturated rings. The molecule has 0 bridgehead atoms. The number of aromatic hydroxyl groups is 1. The molecule has 1 aromatic rings. The molecule has 0 radical (unpaired) electrons. The Balaban J connectivity index is 2.54. The first-order chi connectivity index (χ1) is 11.9. The monoisotopic (exact) mass is 403 g/mol. The van der Waals surface area contributed by atoms with E-state index in [2.05, 4.69) is 16.0 Å². The molecule has 0 spiro atoms. The van der Waals surface area contributed by atoms with Gasteiger partial charge in [0, 0.05) is 13.1 Å². The number of amides is 1. The number of anilines is 1. The summed E-state index contributed by atoms with van der Waals surface area (Å²) in [6.07, 6.45) is -0.534. The Hall–Kier alpha value is -2.07. The van der Waals surface area contributed by atoms with E-state index >= 15 is 0 Å². The normalized spacial score (nSPS) is 11.5. The maximum Gasteiger partial charge on any atom is 0.407 e. The highest BCUT2D eigenvalue weighted by Gasteiger charge is 2.16. The van der Waals surface area contributed by atoms with Crippen molar-refractivity contribution in [3.63, 3.8) is 0 Å². The van der Waals surface area contributed by atoms with Crippen molar-refractivity contribution < 1.29 is 23.1 Å². The van der Waals surface area contributed by atoms with Crippen LogP contribution in [0.5, 0.6) is 5.75 Å². The van der Waals surface area contributed by atoms with E-state index in [0.717, 1.165) is 0 Å². The van der Waals surface area contributed by atoms with E-state index in [4.69, 9.17) is 17.0 Å². The van der Waals surface area contributed by atoms with E-state index in [-0.39, 0.29) is 33.7 Å². The average Bonchev–Trinajstić information content (AvgIpc) is 2.52. The number of carbonyl (C=O) groups excluding carboxylic acids is 1. The number of rotatable bonds is 6. The zero-order chi connectivity index (χ0) is 20.0. The van der Waals surface area contributed by atoms with Gasteiger partial charge in [-0.1, -0.05) is 6.92 Å². The predicted octanol–water partition coefficient (Wildman–Crippen LogP) is 2.00. The minimum atomic E-state index is -3.39. The molecule has 1 rings (SSSR count). The number of sulfone groups is 1. The lowest BCUT2D eigenvalue weighted by molar-refractivity contribution is 0.0529. The van der Waals surface area contributed by atoms with E-state index in [0.29, 0.717) is 6.54 Å². The summed E-state index contributed by atoms with van der Waals surface area (Å²) in [5, 5.41) is 18.2. The van der Waals surface area contributed by atoms with Crippen LogP contribution in [0.4, 0.5) is 10.5 Å². The van der Waals surface area contributed by atoms with Crippen LogP contribution in [0, 0.1) is 0 Å². The summed E-state index contributed by atoms with van der Waals surface area (Å²) in [5.74, 6) is -0.174. The largest absolute Gasteiger partial charge is 0.506 e. The van der Waals surface area contributed by atoms with Crippen LogP contribution in [0.25, 0.3) is 0 Å². The van der Waals surface area contributed by atoms with Crippen LogP contribution in [0.3, 0.4) is 0 Å². The third kappa shape index (κ3) is 7.44. The lowest BCUT2D eigenvalue weighted by atomic mass is 10.2. The van der Waals surface area contributed by atoms with Gasteiger partial charge in [0.2, 0.25) is 0 Å². The van der Waals surface area contributed by atoms with Crippen molar-refractivity contribution in [2.75, 3.05) is 24.2 Å². The summed E-state index contributed by atoms with van der Waals surface area (Å²) in [5.41, 5.74) is -0.396. The van der Waals surface area contributed by atoms with Crippen molar-refractivity contribution in [1.82, 2.24) is 10.6 Å². The summed E-state index contributed by atoms with van der Waals surface area (Å²) in [7, 11) is -3.39. The minimum absolute atomic E-state index is 0.0454. The van der Waals surface area contributed by atoms with Crippen LogP contribution in [0.2, 0.25) is 0 Å². The zero-order valence-electron chi connectivity index (χ0n) is 15.3. The number of alkyl carbamates (subject to hydrolysis) is 1. The average molecular weight is 404 g/mol. The molecule has 0 atom stereocenters. The second kappa shape index (κ2) is 9.04. The van der Waals surface area contributed by atoms with Crippen molar-refractivity contribution >= 4 is 38.9 Å². The number of phenols is 1. The summed E-state index contributed by atoms with van der Waals surface area (Å²) < 4.78 is 28.9. The predicted molar refractivity (Wildman–Crippen MR) is 104 cm³/mol. The Labute approximate surface area is 159 Å². The van der Waals surface area contributed by atoms with Gasteiger partial charge in [0.15, 0.2) is 14.9 Å². The first-order valence-electron chi connectivity index (χ1n) is 8.02. The molecular formula is C16H25N3O5S2. The van der Waals surface area contributed by atoms with Crippen molar-refractivity contribution in [1.29, 1.82) is 0 Å². The number of benzene rings is 1. The van der Waals surface area contributed by atoms with Gasteiger partial charge in [-0.15, -0.1) is 0 Å². The summed E-state index contributed by atoms with van der Waals surface area (Å²) in [4.78, 5) is 11.6. The first-order valence-corrected chi connectivity index (χ1v) is 10.1. The van der Waals surface area contributed by atoms with Gasteiger partial charge in [0.1, 0.15) is 11.4 Å². The van der Waals surface area contributed by atoms with Gasteiger partial charge in [0.05, 0.1) is 16.3 Å². The van der Waals surface area contributed by atoms with Crippen LogP contribution in [0.15, 0.2) is 23.1 Å². The summed E-state index contributed by atoms with van der Waals surface area (Å²) >= 11 is 5.10. The molecule has 0 saturated carbocycles. The van der Waals surface area contributed by atoms with Crippen molar-refractivity contribution in [3.8, 4) is 5.75 Å². The van der Waals surface area contributed by atoms with Crippen molar-refractivity contribution in [2.24, 2.45) is 0 Å². The molecule has 0 heterocycles. The fourth-order valence-electron chi connectivity index (χ4n) is 1.80. The molecule has 10 heteroatoms. The molecule has 1 amide bonds. The molecule has 4 N–H and O–H groups in total. The Bertz CT molecular complexity index is 758. The highest BCUT2D eigenvalue weighted by atomic mass is 32.2. The summed E-state index contributed by atoms with van der Waals surface area (Å²) in [6, 6.07) is 3.94. The van der Waals surface area contributed by atoms with Crippen molar-refractivity contribution in [3.05, 3.63) is 18.2 Å². The van der Waals surface area contributed by atoms with Crippen molar-refractivity contribution in [2.45, 2.75) is 38.2 Å². The van der Waals surface area contributed by atoms with E-state index in [9.17, 15) is 18.3 Å². The lowest BCUT2D eigenvalue weighted by Crippen LogP contribution is -2.39. The van der Waals surface area contributed by atoms with Gasteiger partial charge in [-0.05, 0) is 51.2 Å². The number of carbonyl (C=O) groups is 1. The molecule has 8 nitrogen and oxygen atoms in total. The molecule has 0 unspecified atom stereocenters. The third-order valence-corrected chi connectivity index (χ3v) is 5.01. The number of nitrogens with one attached hydrogen (secondary N) is 3. The highest BCUT2D eigenvalue weighted by molar-refractivity contribution is 7.91. The number of thiocarbonyl (C=S) groups is 1. The smallest absolute Gasteiger partial charge is 0.407 e. The molecule has 1 aromatic carbocycles. The van der Waals surface area contributed by atoms with Gasteiger partial charge in [-0.2, -0.15) is 0 Å². The fraction of sp³-hybridized carbons (Fsp3) is 0.500. The number of ether oxygens (including phenoxy) is 1. The molecule has 0 aromatic heterocycles. The topological polar surface area (TPSA) is 117 Å². The second-order valence-corrected chi connectivity index (χ2v) is 9.08. The molecular weight excluding hydrogens is 378 g/mol. The van der Waals surface area contributed by atoms with Crippen LogP contribution >= 0.6 is 12.2 Å². The number of hydrogen-bond acceptors (Lipinski definition) is 6. The molecule has 0 aliphatic rings. The Morgan fingerprint density at radius 3 is 2.42 bits per heavy atom. The van der Waals surface area contributed by atoms with E-state index in [1.54, 1.807) is 27.7 Å². The van der Waals surface area contributed by atoms with Crippen LogP contribution < -0.4 is 16.0 Å². The van der Waals surface area contributed by atoms with Crippen LogP contribution in [-0.2, 0) is 14.6 Å². The van der Waals surface area contributed by atoms with Gasteiger partial charge in [-0.3, -0.25) is 0 Å². The van der Waals surface area contributed by atoms with Gasteiger partial charge < -0.3 is 25.8 Å². The van der Waals surface area contributed by atoms with Crippen LogP contribution in [-0.4, -0.2) is 49.2 Å². The second-order valence-electron chi connectivity index (χ2n) is 6.39. The summed E-state index contributed by atoms with van der Waals surface area (Å²) in [6.45, 7) is 7.43. The molecule has 0 saturated heterocycles. The highest BCUT2D eigenvalue weighted by Crippen LogP contribution is 2.26. The van der Waals surface area contributed by atoms with E-state index in [1.807, 2.05) is 0 Å². The van der Waals surface area contributed by atoms with Crippen LogP contribution in [0.1, 0.15) is 27.7 Å². The Morgan fingerprint density at radius 1 is 1.23 bits per heavy atom. The Kier molecular flexibility index (Phi) is 7.64. The number of hydrogen-bond donors (Lipinski definition) is 4. The molecule has 146 valence electrons. The quantitative estimate of drug-likeness (QED) is 0.324. The van der Waals surface area contributed by atoms with E-state index in [1.165, 1.54) is 18.2 Å². The third-order valence-electron chi connectivity index (χ3n) is 3.03. The molecule has 0 aliphatic heterocycles. The van der Waals surface area contributed by atoms with Gasteiger partial charge in [-0.25, -0.2) is 13.2 Å². The minimum Gasteiger partial charge on any atom is -0.506 e. The molecule has 0 aliphatic carbocycles.